The zero-order valence-electron chi connectivity index (χ0n) is 31.6. The second kappa shape index (κ2) is 11.9. The van der Waals surface area contributed by atoms with Crippen molar-refractivity contribution < 1.29 is 34.2 Å². The van der Waals surface area contributed by atoms with Gasteiger partial charge in [-0.05, 0) is 116 Å². The maximum absolute atomic E-state index is 14.6. The van der Waals surface area contributed by atoms with Crippen molar-refractivity contribution >= 4 is 23.6 Å². The minimum absolute atomic E-state index is 0.0186. The van der Waals surface area contributed by atoms with Crippen molar-refractivity contribution in [1.29, 1.82) is 0 Å². The summed E-state index contributed by atoms with van der Waals surface area (Å²) in [5, 5.41) is 20.9. The molecule has 1 aliphatic heterocycles. The van der Waals surface area contributed by atoms with Crippen LogP contribution in [-0.4, -0.2) is 76.2 Å². The van der Waals surface area contributed by atoms with Crippen LogP contribution in [0.2, 0.25) is 0 Å². The van der Waals surface area contributed by atoms with E-state index in [1.165, 1.54) is 10.6 Å². The molecule has 9 nitrogen and oxygen atoms in total. The van der Waals surface area contributed by atoms with Crippen LogP contribution in [0.5, 0.6) is 0 Å². The molecule has 6 rings (SSSR count). The number of carbonyl (C=O) groups is 4. The molecule has 4 saturated carbocycles. The quantitative estimate of drug-likeness (QED) is 0.290. The molecule has 0 aromatic carbocycles. The number of carbonyl (C=O) groups excluding carboxylic acids is 3. The summed E-state index contributed by atoms with van der Waals surface area (Å²) in [6.07, 6.45) is 7.34. The summed E-state index contributed by atoms with van der Waals surface area (Å²) in [4.78, 5) is 55.3. The number of fused-ring (bicyclic) bond motifs is 7. The van der Waals surface area contributed by atoms with Crippen LogP contribution in [0.25, 0.3) is 0 Å². The normalized spacial score (nSPS) is 40.7. The van der Waals surface area contributed by atoms with Crippen molar-refractivity contribution in [3.05, 3.63) is 11.1 Å². The highest BCUT2D eigenvalue weighted by Gasteiger charge is 2.71. The highest BCUT2D eigenvalue weighted by atomic mass is 16.5. The molecule has 6 aliphatic rings. The fourth-order valence-corrected chi connectivity index (χ4v) is 12.9. The number of allylic oxidation sites excluding steroid dienone is 1. The Bertz CT molecular complexity index is 1440. The third-order valence-electron chi connectivity index (χ3n) is 15.8. The van der Waals surface area contributed by atoms with Gasteiger partial charge in [0.25, 0.3) is 0 Å². The van der Waals surface area contributed by atoms with Crippen LogP contribution in [0.1, 0.15) is 127 Å². The van der Waals surface area contributed by atoms with Gasteiger partial charge in [-0.15, -0.1) is 0 Å². The van der Waals surface area contributed by atoms with E-state index >= 15 is 0 Å². The molecule has 0 aromatic heterocycles. The number of nitrogens with zero attached hydrogens (tertiary/aromatic N) is 2. The lowest BCUT2D eigenvalue weighted by molar-refractivity contribution is -0.233. The molecule has 274 valence electrons. The summed E-state index contributed by atoms with van der Waals surface area (Å²) in [5.74, 6) is -0.110. The number of hydrogen-bond donors (Lipinski definition) is 2. The number of hydroxylamine groups is 2. The number of carboxylic acid groups (broad SMARTS) is 1. The number of Topliss-reactive ketones (excluding diaryl/α,β-unsaturated/α-hetero) is 1. The van der Waals surface area contributed by atoms with Gasteiger partial charge in [-0.3, -0.25) is 19.2 Å². The Morgan fingerprint density at radius 1 is 0.878 bits per heavy atom. The van der Waals surface area contributed by atoms with E-state index < -0.39 is 22.8 Å². The fraction of sp³-hybridized carbons (Fsp3) is 0.850. The average molecular weight is 683 g/mol. The summed E-state index contributed by atoms with van der Waals surface area (Å²) in [6, 6.07) is 0. The molecule has 0 spiro atoms. The number of rotatable bonds is 6. The summed E-state index contributed by atoms with van der Waals surface area (Å²) in [5.41, 5.74) is -0.0987. The van der Waals surface area contributed by atoms with Gasteiger partial charge in [0, 0.05) is 38.0 Å². The Morgan fingerprint density at radius 3 is 2.14 bits per heavy atom. The average Bonchev–Trinajstić information content (AvgIpc) is 3.32. The maximum Gasteiger partial charge on any atom is 0.309 e. The lowest BCUT2D eigenvalue weighted by atomic mass is 9.33. The topological polar surface area (TPSA) is 124 Å². The van der Waals surface area contributed by atoms with Crippen molar-refractivity contribution in [2.45, 2.75) is 133 Å². The molecular weight excluding hydrogens is 620 g/mol. The van der Waals surface area contributed by atoms with Crippen molar-refractivity contribution in [2.75, 3.05) is 26.2 Å². The summed E-state index contributed by atoms with van der Waals surface area (Å²) in [6.45, 7) is 21.2. The Hall–Kier alpha value is -2.26. The first-order valence-corrected chi connectivity index (χ1v) is 19.1. The first-order valence-electron chi connectivity index (χ1n) is 19.1. The lowest BCUT2D eigenvalue weighted by Gasteiger charge is -2.72. The smallest absolute Gasteiger partial charge is 0.309 e. The number of hydrogen-bond acceptors (Lipinski definition) is 7. The van der Waals surface area contributed by atoms with Crippen molar-refractivity contribution in [1.82, 2.24) is 9.96 Å². The van der Waals surface area contributed by atoms with Gasteiger partial charge in [-0.25, -0.2) is 0 Å². The van der Waals surface area contributed by atoms with Crippen LogP contribution in [0, 0.1) is 56.2 Å². The highest BCUT2D eigenvalue weighted by molar-refractivity contribution is 6.07. The van der Waals surface area contributed by atoms with Crippen molar-refractivity contribution in [3.63, 3.8) is 0 Å². The second-order valence-electron chi connectivity index (χ2n) is 19.2. The highest BCUT2D eigenvalue weighted by Crippen LogP contribution is 2.77. The number of piperazine rings is 1. The van der Waals surface area contributed by atoms with E-state index in [1.807, 2.05) is 4.90 Å². The standard InChI is InChI=1S/C40H62N2O7/c1-24(2)31-26(43)22-40(33(45)41-18-20-42(48)21-19-41)17-16-38(8)25(32(31)40)10-11-28-37(7)14-13-29(49-30(44)23-35(3,4)34(46)47)36(5,6)27(37)12-15-39(28,38)9/h24-25,27-29,48H,10-23H2,1-9H3,(H,46,47)/t25-,27+,28-,29+,37+,38-,39-,40-/m1/s1. The van der Waals surface area contributed by atoms with Gasteiger partial charge in [-0.1, -0.05) is 48.5 Å². The first kappa shape index (κ1) is 36.5. The van der Waals surface area contributed by atoms with Crippen LogP contribution in [0.3, 0.4) is 0 Å². The SMILES string of the molecule is CC(C)C1=C2[C@H]3CC[C@@H]4[C@@]5(C)CC[C@H](OC(=O)CC(C)(C)C(=O)O)C(C)(C)[C@@H]5CC[C@@]4(C)[C@]3(C)CC[C@@]2(C(=O)N2CCN(O)CC2)CC1=O. The van der Waals surface area contributed by atoms with Gasteiger partial charge >= 0.3 is 11.9 Å². The zero-order chi connectivity index (χ0) is 36.1. The molecule has 0 unspecified atom stereocenters. The number of ketones is 1. The summed E-state index contributed by atoms with van der Waals surface area (Å²) in [7, 11) is 0. The molecule has 1 saturated heterocycles. The predicted molar refractivity (Wildman–Crippen MR) is 185 cm³/mol. The molecule has 5 aliphatic carbocycles. The molecule has 2 N–H and O–H groups in total. The Kier molecular flexibility index (Phi) is 8.87. The van der Waals surface area contributed by atoms with E-state index in [0.29, 0.717) is 50.9 Å². The minimum Gasteiger partial charge on any atom is -0.481 e. The van der Waals surface area contributed by atoms with Gasteiger partial charge in [0.05, 0.1) is 17.3 Å². The van der Waals surface area contributed by atoms with Crippen LogP contribution >= 0.6 is 0 Å². The molecule has 49 heavy (non-hydrogen) atoms. The van der Waals surface area contributed by atoms with Crippen LogP contribution < -0.4 is 0 Å². The van der Waals surface area contributed by atoms with Crippen molar-refractivity contribution in [3.8, 4) is 0 Å². The van der Waals surface area contributed by atoms with Gasteiger partial charge in [0.1, 0.15) is 6.10 Å². The van der Waals surface area contributed by atoms with Crippen molar-refractivity contribution in [2.24, 2.45) is 56.2 Å². The first-order chi connectivity index (χ1) is 22.7. The Balaban J connectivity index is 1.30. The number of amides is 1. The molecule has 0 aromatic rings. The van der Waals surface area contributed by atoms with Gasteiger partial charge < -0.3 is 20.0 Å². The fourth-order valence-electron chi connectivity index (χ4n) is 12.9. The number of esters is 1. The van der Waals surface area contributed by atoms with E-state index in [4.69, 9.17) is 4.74 Å². The molecule has 0 radical (unpaired) electrons. The molecular formula is C40H62N2O7. The number of carboxylic acids is 1. The van der Waals surface area contributed by atoms with Crippen LogP contribution in [-0.2, 0) is 23.9 Å². The molecule has 1 heterocycles. The third-order valence-corrected chi connectivity index (χ3v) is 15.8. The second-order valence-corrected chi connectivity index (χ2v) is 19.2. The molecule has 1 amide bonds. The molecule has 0 bridgehead atoms. The zero-order valence-corrected chi connectivity index (χ0v) is 31.6. The van der Waals surface area contributed by atoms with Gasteiger partial charge in [0.2, 0.25) is 5.91 Å². The van der Waals surface area contributed by atoms with Crippen LogP contribution in [0.15, 0.2) is 11.1 Å². The number of ether oxygens (including phenoxy) is 1. The third kappa shape index (κ3) is 5.28. The van der Waals surface area contributed by atoms with Gasteiger partial charge in [0.15, 0.2) is 5.78 Å². The summed E-state index contributed by atoms with van der Waals surface area (Å²) < 4.78 is 6.14. The number of aliphatic carboxylic acids is 1. The van der Waals surface area contributed by atoms with E-state index in [1.54, 1.807) is 13.8 Å². The minimum atomic E-state index is -1.17. The largest absolute Gasteiger partial charge is 0.481 e. The maximum atomic E-state index is 14.6. The van der Waals surface area contributed by atoms with E-state index in [0.717, 1.165) is 50.5 Å². The van der Waals surface area contributed by atoms with E-state index in [9.17, 15) is 29.5 Å². The molecule has 5 fully saturated rings. The summed E-state index contributed by atoms with van der Waals surface area (Å²) >= 11 is 0. The Morgan fingerprint density at radius 2 is 1.53 bits per heavy atom. The van der Waals surface area contributed by atoms with E-state index in [2.05, 4.69) is 48.5 Å². The van der Waals surface area contributed by atoms with E-state index in [-0.39, 0.29) is 57.7 Å². The Labute approximate surface area is 293 Å². The molecule has 9 heteroatoms. The van der Waals surface area contributed by atoms with Crippen LogP contribution in [0.4, 0.5) is 0 Å². The monoisotopic (exact) mass is 682 g/mol. The van der Waals surface area contributed by atoms with Gasteiger partial charge in [-0.2, -0.15) is 5.06 Å². The lowest BCUT2D eigenvalue weighted by Crippen LogP contribution is -2.66. The predicted octanol–water partition coefficient (Wildman–Crippen LogP) is 6.91. The molecule has 8 atom stereocenters.